The Morgan fingerprint density at radius 1 is 1.03 bits per heavy atom. The number of hydrogen-bond acceptors (Lipinski definition) is 6. The van der Waals surface area contributed by atoms with Gasteiger partial charge in [-0.1, -0.05) is 47.7 Å². The first-order valence-electron chi connectivity index (χ1n) is 12.1. The van der Waals surface area contributed by atoms with Crippen LogP contribution in [0.1, 0.15) is 34.7 Å². The zero-order valence-electron chi connectivity index (χ0n) is 20.9. The summed E-state index contributed by atoms with van der Waals surface area (Å²) in [4.78, 5) is 21.0. The molecule has 6 rings (SSSR count). The second kappa shape index (κ2) is 9.72. The lowest BCUT2D eigenvalue weighted by atomic mass is 9.83. The van der Waals surface area contributed by atoms with E-state index in [4.69, 9.17) is 14.5 Å². The predicted octanol–water partition coefficient (Wildman–Crippen LogP) is 5.06. The maximum Gasteiger partial charge on any atom is 0.271 e. The zero-order valence-corrected chi connectivity index (χ0v) is 22.5. The van der Waals surface area contributed by atoms with Gasteiger partial charge in [-0.05, 0) is 66.1 Å². The van der Waals surface area contributed by atoms with Crippen LogP contribution in [0.25, 0.3) is 11.8 Å². The molecule has 186 valence electrons. The Bertz CT molecular complexity index is 1710. The summed E-state index contributed by atoms with van der Waals surface area (Å²) in [7, 11) is 3.25. The average Bonchev–Trinajstić information content (AvgIpc) is 3.26. The number of benzene rings is 3. The fourth-order valence-electron chi connectivity index (χ4n) is 5.19. The second-order valence-corrected chi connectivity index (χ2v) is 10.9. The highest BCUT2D eigenvalue weighted by atomic mass is 32.2. The van der Waals surface area contributed by atoms with Gasteiger partial charge in [-0.2, -0.15) is 0 Å². The Hall–Kier alpha value is -3.55. The van der Waals surface area contributed by atoms with Crippen LogP contribution < -0.4 is 24.4 Å². The van der Waals surface area contributed by atoms with E-state index in [-0.39, 0.29) is 11.6 Å². The highest BCUT2D eigenvalue weighted by Gasteiger charge is 2.32. The van der Waals surface area contributed by atoms with Crippen LogP contribution in [0.4, 0.5) is 0 Å². The second-order valence-electron chi connectivity index (χ2n) is 8.99. The number of methoxy groups -OCH3 is 2. The molecule has 1 atom stereocenters. The summed E-state index contributed by atoms with van der Waals surface area (Å²) in [6, 6.07) is 22.5. The number of hydrogen-bond donors (Lipinski definition) is 0. The number of ether oxygens (including phenoxy) is 2. The summed E-state index contributed by atoms with van der Waals surface area (Å²) in [5.41, 5.74) is 6.59. The van der Waals surface area contributed by atoms with E-state index in [9.17, 15) is 4.79 Å². The van der Waals surface area contributed by atoms with Crippen LogP contribution in [0, 0.1) is 0 Å². The van der Waals surface area contributed by atoms with Gasteiger partial charge in [-0.25, -0.2) is 4.99 Å². The first-order valence-corrected chi connectivity index (χ1v) is 14.1. The van der Waals surface area contributed by atoms with Crippen LogP contribution in [-0.2, 0) is 6.42 Å². The van der Waals surface area contributed by atoms with E-state index >= 15 is 0 Å². The van der Waals surface area contributed by atoms with Gasteiger partial charge in [0.15, 0.2) is 4.80 Å². The third kappa shape index (κ3) is 4.12. The van der Waals surface area contributed by atoms with Crippen LogP contribution in [0.5, 0.6) is 11.5 Å². The van der Waals surface area contributed by atoms with E-state index in [0.29, 0.717) is 16.0 Å². The summed E-state index contributed by atoms with van der Waals surface area (Å²) in [6.45, 7) is 0. The molecule has 5 nitrogen and oxygen atoms in total. The number of nitrogens with zero attached hydrogens (tertiary/aromatic N) is 2. The van der Waals surface area contributed by atoms with Gasteiger partial charge in [0.25, 0.3) is 5.56 Å². The van der Waals surface area contributed by atoms with Crippen LogP contribution in [0.2, 0.25) is 0 Å². The monoisotopic (exact) mass is 526 g/mol. The molecular formula is C30H26N2O3S2. The lowest BCUT2D eigenvalue weighted by Crippen LogP contribution is -2.38. The quantitative estimate of drug-likeness (QED) is 0.341. The molecule has 0 spiro atoms. The zero-order chi connectivity index (χ0) is 25.5. The van der Waals surface area contributed by atoms with E-state index in [1.165, 1.54) is 32.9 Å². The minimum atomic E-state index is -0.185. The summed E-state index contributed by atoms with van der Waals surface area (Å²) >= 11 is 3.14. The first kappa shape index (κ1) is 23.8. The van der Waals surface area contributed by atoms with Crippen LogP contribution in [0.15, 0.2) is 87.0 Å². The van der Waals surface area contributed by atoms with Crippen molar-refractivity contribution < 1.29 is 9.47 Å². The van der Waals surface area contributed by atoms with Crippen LogP contribution in [0.3, 0.4) is 0 Å². The van der Waals surface area contributed by atoms with Crippen LogP contribution >= 0.6 is 23.1 Å². The molecule has 4 aromatic rings. The van der Waals surface area contributed by atoms with Gasteiger partial charge in [0.2, 0.25) is 0 Å². The van der Waals surface area contributed by atoms with E-state index in [1.54, 1.807) is 26.0 Å². The van der Waals surface area contributed by atoms with Crippen molar-refractivity contribution in [2.75, 3.05) is 20.5 Å². The lowest BCUT2D eigenvalue weighted by molar-refractivity contribution is 0.393. The summed E-state index contributed by atoms with van der Waals surface area (Å²) in [6.07, 6.45) is 5.79. The Balaban J connectivity index is 1.59. The standard InChI is InChI=1S/C30H26N2O3S2/c1-34-21-12-8-20(25(17-21)35-2)16-26-29(33)32-28(19-9-13-22(36-3)14-10-19)24-15-11-18-6-4-5-7-23(18)27(24)31-30(32)37-26/h4-10,12-14,16-17,28H,11,15H2,1-3H3. The number of thioether (sulfide) groups is 1. The number of rotatable bonds is 5. The molecule has 1 aliphatic heterocycles. The van der Waals surface area contributed by atoms with Crippen molar-refractivity contribution in [3.8, 4) is 11.5 Å². The van der Waals surface area contributed by atoms with Crippen molar-refractivity contribution in [2.45, 2.75) is 23.8 Å². The molecular weight excluding hydrogens is 500 g/mol. The third-order valence-corrected chi connectivity index (χ3v) is 8.76. The Labute approximate surface area is 223 Å². The van der Waals surface area contributed by atoms with E-state index in [2.05, 4.69) is 54.8 Å². The summed E-state index contributed by atoms with van der Waals surface area (Å²) in [5, 5.41) is 0. The molecule has 1 unspecified atom stereocenters. The molecule has 0 saturated heterocycles. The molecule has 0 bridgehead atoms. The molecule has 1 aliphatic carbocycles. The summed E-state index contributed by atoms with van der Waals surface area (Å²) < 4.78 is 13.4. The van der Waals surface area contributed by atoms with Gasteiger partial charge in [0.05, 0.1) is 30.5 Å². The normalized spacial score (nSPS) is 16.5. The van der Waals surface area contributed by atoms with Crippen molar-refractivity contribution in [1.82, 2.24) is 4.57 Å². The number of fused-ring (bicyclic) bond motifs is 3. The lowest BCUT2D eigenvalue weighted by Gasteiger charge is -2.30. The molecule has 37 heavy (non-hydrogen) atoms. The van der Waals surface area contributed by atoms with Crippen molar-refractivity contribution in [1.29, 1.82) is 0 Å². The predicted molar refractivity (Wildman–Crippen MR) is 151 cm³/mol. The van der Waals surface area contributed by atoms with Gasteiger partial charge in [0, 0.05) is 22.1 Å². The van der Waals surface area contributed by atoms with Crippen molar-refractivity contribution >= 4 is 34.9 Å². The number of aromatic nitrogens is 1. The molecule has 3 aromatic carbocycles. The smallest absolute Gasteiger partial charge is 0.271 e. The fraction of sp³-hybridized carbons (Fsp3) is 0.200. The molecule has 7 heteroatoms. The van der Waals surface area contributed by atoms with Crippen molar-refractivity contribution in [2.24, 2.45) is 4.99 Å². The highest BCUT2D eigenvalue weighted by Crippen LogP contribution is 2.41. The van der Waals surface area contributed by atoms with Crippen LogP contribution in [-0.4, -0.2) is 25.0 Å². The van der Waals surface area contributed by atoms with E-state index < -0.39 is 0 Å². The van der Waals surface area contributed by atoms with Crippen molar-refractivity contribution in [3.05, 3.63) is 114 Å². The van der Waals surface area contributed by atoms with Gasteiger partial charge in [-0.3, -0.25) is 9.36 Å². The van der Waals surface area contributed by atoms with Gasteiger partial charge in [0.1, 0.15) is 11.5 Å². The minimum Gasteiger partial charge on any atom is -0.497 e. The molecule has 0 saturated carbocycles. The largest absolute Gasteiger partial charge is 0.497 e. The maximum atomic E-state index is 14.0. The number of aryl methyl sites for hydroxylation is 1. The van der Waals surface area contributed by atoms with E-state index in [1.807, 2.05) is 28.8 Å². The number of allylic oxidation sites excluding steroid dienone is 1. The summed E-state index contributed by atoms with van der Waals surface area (Å²) in [5.74, 6) is 1.36. The first-order chi connectivity index (χ1) is 18.1. The topological polar surface area (TPSA) is 52.8 Å². The molecule has 2 aliphatic rings. The Kier molecular flexibility index (Phi) is 6.26. The van der Waals surface area contributed by atoms with Gasteiger partial charge >= 0.3 is 0 Å². The molecule has 0 N–H and O–H groups in total. The molecule has 0 radical (unpaired) electrons. The highest BCUT2D eigenvalue weighted by molar-refractivity contribution is 7.98. The molecule has 2 heterocycles. The fourth-order valence-corrected chi connectivity index (χ4v) is 6.59. The SMILES string of the molecule is COc1ccc(C=c2sc3n(c2=O)C(c2ccc(SC)cc2)C2=C(N=3)c3ccccc3CC2)c(OC)c1. The van der Waals surface area contributed by atoms with Crippen molar-refractivity contribution in [3.63, 3.8) is 0 Å². The Morgan fingerprint density at radius 3 is 2.59 bits per heavy atom. The van der Waals surface area contributed by atoms with E-state index in [0.717, 1.165) is 34.5 Å². The minimum absolute atomic E-state index is 0.0361. The third-order valence-electron chi connectivity index (χ3n) is 7.03. The van der Waals surface area contributed by atoms with Gasteiger partial charge < -0.3 is 9.47 Å². The average molecular weight is 527 g/mol. The maximum absolute atomic E-state index is 14.0. The molecule has 0 fully saturated rings. The molecule has 0 amide bonds. The Morgan fingerprint density at radius 2 is 1.84 bits per heavy atom. The number of thiazole rings is 1. The van der Waals surface area contributed by atoms with Gasteiger partial charge in [-0.15, -0.1) is 11.8 Å². The molecule has 1 aromatic heterocycles.